The fraction of sp³-hybridized carbons (Fsp3) is 0.636. The molecule has 0 spiro atoms. The second kappa shape index (κ2) is 10.1. The van der Waals surface area contributed by atoms with Crippen LogP contribution in [0.3, 0.4) is 0 Å². The molecule has 2 fully saturated rings. The van der Waals surface area contributed by atoms with Crippen LogP contribution in [0.5, 0.6) is 0 Å². The Balaban J connectivity index is 1.57. The molecule has 1 aromatic carbocycles. The van der Waals surface area contributed by atoms with Crippen molar-refractivity contribution in [2.24, 2.45) is 5.92 Å². The number of tetrazole rings is 1. The molecule has 1 amide bonds. The van der Waals surface area contributed by atoms with Crippen molar-refractivity contribution in [3.63, 3.8) is 0 Å². The summed E-state index contributed by atoms with van der Waals surface area (Å²) in [6, 6.07) is 9.79. The Morgan fingerprint density at radius 1 is 1.20 bits per heavy atom. The van der Waals surface area contributed by atoms with Gasteiger partial charge in [0.25, 0.3) is 5.91 Å². The van der Waals surface area contributed by atoms with E-state index >= 15 is 0 Å². The number of aromatic nitrogens is 4. The minimum Gasteiger partial charge on any atom is -0.383 e. The summed E-state index contributed by atoms with van der Waals surface area (Å²) in [6.45, 7) is 4.25. The molecule has 8 nitrogen and oxygen atoms in total. The fourth-order valence-corrected chi connectivity index (χ4v) is 5.07. The highest BCUT2D eigenvalue weighted by atomic mass is 16.5. The van der Waals surface area contributed by atoms with Crippen molar-refractivity contribution < 1.29 is 9.53 Å². The number of amides is 1. The van der Waals surface area contributed by atoms with Crippen LogP contribution >= 0.6 is 0 Å². The standard InChI is InChI=1S/C22H32N6O2/c1-30-15-14-27(16-19-10-7-13-26-12-6-5-11-20(19)26)22(29)21(28-17-23-24-25-28)18-8-3-2-4-9-18/h2-4,8-9,17,19-21H,5-7,10-16H2,1H3. The van der Waals surface area contributed by atoms with Gasteiger partial charge in [0, 0.05) is 26.2 Å². The third kappa shape index (κ3) is 4.70. The van der Waals surface area contributed by atoms with Crippen LogP contribution in [0.15, 0.2) is 36.7 Å². The first kappa shape index (κ1) is 20.9. The van der Waals surface area contributed by atoms with E-state index in [1.165, 1.54) is 51.5 Å². The number of ether oxygens (including phenoxy) is 1. The van der Waals surface area contributed by atoms with Crippen molar-refractivity contribution in [1.29, 1.82) is 0 Å². The van der Waals surface area contributed by atoms with Crippen LogP contribution < -0.4 is 0 Å². The summed E-state index contributed by atoms with van der Waals surface area (Å²) >= 11 is 0. The van der Waals surface area contributed by atoms with E-state index < -0.39 is 6.04 Å². The van der Waals surface area contributed by atoms with E-state index in [2.05, 4.69) is 20.4 Å². The second-order valence-electron chi connectivity index (χ2n) is 8.38. The molecular weight excluding hydrogens is 380 g/mol. The molecule has 4 rings (SSSR count). The average molecular weight is 413 g/mol. The van der Waals surface area contributed by atoms with E-state index in [9.17, 15) is 4.79 Å². The number of piperidine rings is 2. The SMILES string of the molecule is COCCN(CC1CCCN2CCCCC12)C(=O)C(c1ccccc1)n1cnnn1. The molecule has 3 atom stereocenters. The lowest BCUT2D eigenvalue weighted by Gasteiger charge is -2.46. The van der Waals surface area contributed by atoms with Gasteiger partial charge >= 0.3 is 0 Å². The Bertz CT molecular complexity index is 782. The molecular formula is C22H32N6O2. The molecule has 1 aromatic heterocycles. The van der Waals surface area contributed by atoms with E-state index in [0.29, 0.717) is 25.1 Å². The first-order valence-corrected chi connectivity index (χ1v) is 11.1. The van der Waals surface area contributed by atoms with Crippen LogP contribution in [-0.4, -0.2) is 81.9 Å². The molecule has 2 saturated heterocycles. The number of nitrogens with zero attached hydrogens (tertiary/aromatic N) is 6. The molecule has 0 bridgehead atoms. The van der Waals surface area contributed by atoms with Gasteiger partial charge in [-0.2, -0.15) is 0 Å². The summed E-state index contributed by atoms with van der Waals surface area (Å²) in [6.07, 6.45) is 7.74. The number of fused-ring (bicyclic) bond motifs is 1. The van der Waals surface area contributed by atoms with Crippen LogP contribution in [-0.2, 0) is 9.53 Å². The summed E-state index contributed by atoms with van der Waals surface area (Å²) in [4.78, 5) is 18.4. The van der Waals surface area contributed by atoms with Gasteiger partial charge in [-0.1, -0.05) is 36.8 Å². The summed E-state index contributed by atoms with van der Waals surface area (Å²) in [5, 5.41) is 11.6. The molecule has 8 heteroatoms. The van der Waals surface area contributed by atoms with Crippen molar-refractivity contribution in [1.82, 2.24) is 30.0 Å². The van der Waals surface area contributed by atoms with Gasteiger partial charge in [0.2, 0.25) is 0 Å². The number of carbonyl (C=O) groups is 1. The number of hydrogen-bond acceptors (Lipinski definition) is 6. The van der Waals surface area contributed by atoms with Crippen LogP contribution in [0.2, 0.25) is 0 Å². The quantitative estimate of drug-likeness (QED) is 0.660. The number of benzene rings is 1. The lowest BCUT2D eigenvalue weighted by Crippen LogP contribution is -2.52. The Kier molecular flexibility index (Phi) is 7.07. The van der Waals surface area contributed by atoms with E-state index in [0.717, 1.165) is 12.1 Å². The highest BCUT2D eigenvalue weighted by Crippen LogP contribution is 2.32. The summed E-state index contributed by atoms with van der Waals surface area (Å²) in [7, 11) is 1.68. The minimum absolute atomic E-state index is 0.0264. The first-order valence-electron chi connectivity index (χ1n) is 11.1. The third-order valence-electron chi connectivity index (χ3n) is 6.54. The van der Waals surface area contributed by atoms with Crippen LogP contribution in [0.1, 0.15) is 43.7 Å². The Labute approximate surface area is 178 Å². The highest BCUT2D eigenvalue weighted by molar-refractivity contribution is 5.83. The monoisotopic (exact) mass is 412 g/mol. The zero-order chi connectivity index (χ0) is 20.8. The molecule has 3 unspecified atom stereocenters. The molecule has 2 aliphatic heterocycles. The predicted molar refractivity (Wildman–Crippen MR) is 113 cm³/mol. The third-order valence-corrected chi connectivity index (χ3v) is 6.54. The Morgan fingerprint density at radius 2 is 2.03 bits per heavy atom. The van der Waals surface area contributed by atoms with E-state index in [1.807, 2.05) is 35.2 Å². The summed E-state index contributed by atoms with van der Waals surface area (Å²) < 4.78 is 6.90. The lowest BCUT2D eigenvalue weighted by atomic mass is 9.83. The number of carbonyl (C=O) groups excluding carboxylic acids is 1. The molecule has 30 heavy (non-hydrogen) atoms. The largest absolute Gasteiger partial charge is 0.383 e. The highest BCUT2D eigenvalue weighted by Gasteiger charge is 2.36. The molecule has 3 heterocycles. The van der Waals surface area contributed by atoms with Crippen molar-refractivity contribution in [2.75, 3.05) is 39.9 Å². The van der Waals surface area contributed by atoms with Gasteiger partial charge in [-0.05, 0) is 60.7 Å². The molecule has 0 radical (unpaired) electrons. The molecule has 0 N–H and O–H groups in total. The first-order chi connectivity index (χ1) is 14.8. The van der Waals surface area contributed by atoms with Crippen LogP contribution in [0.4, 0.5) is 0 Å². The minimum atomic E-state index is -0.566. The molecule has 2 aliphatic rings. The number of methoxy groups -OCH3 is 1. The van der Waals surface area contributed by atoms with Gasteiger partial charge < -0.3 is 14.5 Å². The van der Waals surface area contributed by atoms with Gasteiger partial charge in [0.05, 0.1) is 6.61 Å². The Morgan fingerprint density at radius 3 is 2.80 bits per heavy atom. The second-order valence-corrected chi connectivity index (χ2v) is 8.38. The van der Waals surface area contributed by atoms with Gasteiger partial charge in [-0.25, -0.2) is 4.68 Å². The molecule has 0 aliphatic carbocycles. The zero-order valence-corrected chi connectivity index (χ0v) is 17.8. The van der Waals surface area contributed by atoms with E-state index in [1.54, 1.807) is 11.8 Å². The maximum absolute atomic E-state index is 13.8. The summed E-state index contributed by atoms with van der Waals surface area (Å²) in [5.41, 5.74) is 0.889. The fourth-order valence-electron chi connectivity index (χ4n) is 5.07. The van der Waals surface area contributed by atoms with E-state index in [-0.39, 0.29) is 5.91 Å². The van der Waals surface area contributed by atoms with Crippen molar-refractivity contribution in [2.45, 2.75) is 44.2 Å². The van der Waals surface area contributed by atoms with Gasteiger partial charge in [-0.3, -0.25) is 4.79 Å². The van der Waals surface area contributed by atoms with Gasteiger partial charge in [-0.15, -0.1) is 5.10 Å². The Hall–Kier alpha value is -2.32. The van der Waals surface area contributed by atoms with Gasteiger partial charge in [0.1, 0.15) is 6.33 Å². The van der Waals surface area contributed by atoms with Crippen molar-refractivity contribution >= 4 is 5.91 Å². The number of hydrogen-bond donors (Lipinski definition) is 0. The maximum Gasteiger partial charge on any atom is 0.252 e. The predicted octanol–water partition coefficient (Wildman–Crippen LogP) is 2.00. The molecule has 0 saturated carbocycles. The van der Waals surface area contributed by atoms with Crippen LogP contribution in [0, 0.1) is 5.92 Å². The maximum atomic E-state index is 13.8. The zero-order valence-electron chi connectivity index (χ0n) is 17.8. The van der Waals surface area contributed by atoms with Crippen molar-refractivity contribution in [3.8, 4) is 0 Å². The summed E-state index contributed by atoms with van der Waals surface area (Å²) in [5.74, 6) is 0.531. The smallest absolute Gasteiger partial charge is 0.252 e. The van der Waals surface area contributed by atoms with Gasteiger partial charge in [0.15, 0.2) is 6.04 Å². The number of rotatable bonds is 8. The van der Waals surface area contributed by atoms with E-state index in [4.69, 9.17) is 4.74 Å². The topological polar surface area (TPSA) is 76.4 Å². The lowest BCUT2D eigenvalue weighted by molar-refractivity contribution is -0.136. The molecule has 162 valence electrons. The normalized spacial score (nSPS) is 23.0. The molecule has 2 aromatic rings. The van der Waals surface area contributed by atoms with Crippen molar-refractivity contribution in [3.05, 3.63) is 42.2 Å². The average Bonchev–Trinajstić information content (AvgIpc) is 3.32. The van der Waals surface area contributed by atoms with Crippen LogP contribution in [0.25, 0.3) is 0 Å².